The van der Waals surface area contributed by atoms with Crippen LogP contribution in [0, 0.1) is 6.92 Å². The van der Waals surface area contributed by atoms with Crippen LogP contribution in [0.5, 0.6) is 0 Å². The van der Waals surface area contributed by atoms with E-state index in [0.717, 1.165) is 30.9 Å². The highest BCUT2D eigenvalue weighted by molar-refractivity contribution is 5.45. The van der Waals surface area contributed by atoms with E-state index in [2.05, 4.69) is 36.1 Å². The summed E-state index contributed by atoms with van der Waals surface area (Å²) >= 11 is 0. The molecular weight excluding hydrogens is 186 g/mol. The van der Waals surface area contributed by atoms with Gasteiger partial charge in [-0.05, 0) is 19.8 Å². The monoisotopic (exact) mass is 207 g/mol. The topological polar surface area (TPSA) is 37.8 Å². The molecule has 0 atom stereocenters. The third-order valence-electron chi connectivity index (χ3n) is 2.62. The molecule has 0 unspecified atom stereocenters. The lowest BCUT2D eigenvalue weighted by atomic mass is 10.1. The van der Waals surface area contributed by atoms with Gasteiger partial charge in [-0.2, -0.15) is 0 Å². The summed E-state index contributed by atoms with van der Waals surface area (Å²) in [5.74, 6) is 1.96. The third-order valence-corrected chi connectivity index (χ3v) is 2.62. The molecule has 0 fully saturated rings. The Morgan fingerprint density at radius 2 is 1.93 bits per heavy atom. The fourth-order valence-corrected chi connectivity index (χ4v) is 1.65. The summed E-state index contributed by atoms with van der Waals surface area (Å²) < 4.78 is 0. The molecule has 0 radical (unpaired) electrons. The van der Waals surface area contributed by atoms with Crippen molar-refractivity contribution in [1.82, 2.24) is 9.97 Å². The Labute approximate surface area is 92.3 Å². The molecule has 3 nitrogen and oxygen atoms in total. The van der Waals surface area contributed by atoms with E-state index in [4.69, 9.17) is 0 Å². The molecule has 3 heteroatoms. The van der Waals surface area contributed by atoms with Crippen LogP contribution in [0.25, 0.3) is 0 Å². The third kappa shape index (κ3) is 2.91. The zero-order valence-corrected chi connectivity index (χ0v) is 10.2. The summed E-state index contributed by atoms with van der Waals surface area (Å²) in [6.45, 7) is 6.40. The quantitative estimate of drug-likeness (QED) is 0.806. The van der Waals surface area contributed by atoms with Gasteiger partial charge >= 0.3 is 0 Å². The van der Waals surface area contributed by atoms with Crippen LogP contribution >= 0.6 is 0 Å². The SMILES string of the molecule is CCCCc1nc(CC)c(C)c(NC)n1. The zero-order chi connectivity index (χ0) is 11.3. The van der Waals surface area contributed by atoms with Gasteiger partial charge in [-0.1, -0.05) is 20.3 Å². The van der Waals surface area contributed by atoms with E-state index in [0.29, 0.717) is 0 Å². The van der Waals surface area contributed by atoms with Crippen LogP contribution < -0.4 is 5.32 Å². The molecule has 0 aliphatic rings. The van der Waals surface area contributed by atoms with Gasteiger partial charge in [0.25, 0.3) is 0 Å². The predicted octanol–water partition coefficient (Wildman–Crippen LogP) is 2.73. The van der Waals surface area contributed by atoms with Gasteiger partial charge in [0.15, 0.2) is 0 Å². The first-order valence-corrected chi connectivity index (χ1v) is 5.77. The Morgan fingerprint density at radius 3 is 2.47 bits per heavy atom. The van der Waals surface area contributed by atoms with E-state index in [1.54, 1.807) is 0 Å². The van der Waals surface area contributed by atoms with Crippen molar-refractivity contribution in [2.45, 2.75) is 46.5 Å². The highest BCUT2D eigenvalue weighted by atomic mass is 15.0. The van der Waals surface area contributed by atoms with Gasteiger partial charge in [-0.15, -0.1) is 0 Å². The summed E-state index contributed by atoms with van der Waals surface area (Å²) in [5.41, 5.74) is 2.35. The van der Waals surface area contributed by atoms with Crippen LogP contribution in [0.2, 0.25) is 0 Å². The maximum absolute atomic E-state index is 4.59. The second-order valence-corrected chi connectivity index (χ2v) is 3.77. The first kappa shape index (κ1) is 12.0. The van der Waals surface area contributed by atoms with E-state index < -0.39 is 0 Å². The van der Waals surface area contributed by atoms with Crippen molar-refractivity contribution in [2.24, 2.45) is 0 Å². The number of hydrogen-bond acceptors (Lipinski definition) is 3. The zero-order valence-electron chi connectivity index (χ0n) is 10.2. The Bertz CT molecular complexity index is 296. The standard InChI is InChI=1S/C12H21N3/c1-5-7-8-11-14-10(6-2)9(3)12(13-4)15-11/h5-8H2,1-4H3,(H,13,14,15). The van der Waals surface area contributed by atoms with Crippen molar-refractivity contribution in [2.75, 3.05) is 12.4 Å². The van der Waals surface area contributed by atoms with Crippen LogP contribution in [0.1, 0.15) is 43.8 Å². The molecule has 84 valence electrons. The summed E-state index contributed by atoms with van der Waals surface area (Å²) in [5, 5.41) is 3.14. The molecule has 0 spiro atoms. The molecule has 1 heterocycles. The number of nitrogens with one attached hydrogen (secondary N) is 1. The van der Waals surface area contributed by atoms with E-state index in [1.165, 1.54) is 17.7 Å². The normalized spacial score (nSPS) is 10.4. The Kier molecular flexibility index (Phi) is 4.53. The van der Waals surface area contributed by atoms with Crippen molar-refractivity contribution in [3.05, 3.63) is 17.1 Å². The second-order valence-electron chi connectivity index (χ2n) is 3.77. The molecular formula is C12H21N3. The Balaban J connectivity index is 2.98. The van der Waals surface area contributed by atoms with Gasteiger partial charge in [0, 0.05) is 24.7 Å². The summed E-state index contributed by atoms with van der Waals surface area (Å²) in [6, 6.07) is 0. The molecule has 0 saturated carbocycles. The smallest absolute Gasteiger partial charge is 0.132 e. The summed E-state index contributed by atoms with van der Waals surface area (Å²) in [7, 11) is 1.92. The molecule has 1 N–H and O–H groups in total. The molecule has 0 aromatic carbocycles. The summed E-state index contributed by atoms with van der Waals surface area (Å²) in [6.07, 6.45) is 4.31. The minimum absolute atomic E-state index is 0.974. The average Bonchev–Trinajstić information content (AvgIpc) is 2.27. The number of aromatic nitrogens is 2. The van der Waals surface area contributed by atoms with Crippen LogP contribution in [0.3, 0.4) is 0 Å². The molecule has 1 rings (SSSR count). The van der Waals surface area contributed by atoms with Crippen molar-refractivity contribution < 1.29 is 0 Å². The largest absolute Gasteiger partial charge is 0.373 e. The lowest BCUT2D eigenvalue weighted by Gasteiger charge is -2.10. The van der Waals surface area contributed by atoms with Crippen LogP contribution in [0.15, 0.2) is 0 Å². The number of rotatable bonds is 5. The average molecular weight is 207 g/mol. The van der Waals surface area contributed by atoms with Crippen LogP contribution in [-0.2, 0) is 12.8 Å². The van der Waals surface area contributed by atoms with Crippen LogP contribution in [-0.4, -0.2) is 17.0 Å². The molecule has 1 aromatic heterocycles. The molecule has 0 bridgehead atoms. The molecule has 1 aromatic rings. The van der Waals surface area contributed by atoms with Crippen LogP contribution in [0.4, 0.5) is 5.82 Å². The fourth-order valence-electron chi connectivity index (χ4n) is 1.65. The first-order chi connectivity index (χ1) is 7.22. The molecule has 15 heavy (non-hydrogen) atoms. The number of hydrogen-bond donors (Lipinski definition) is 1. The van der Waals surface area contributed by atoms with Crippen molar-refractivity contribution in [3.8, 4) is 0 Å². The molecule has 0 amide bonds. The first-order valence-electron chi connectivity index (χ1n) is 5.77. The molecule has 0 saturated heterocycles. The predicted molar refractivity (Wildman–Crippen MR) is 64.3 cm³/mol. The van der Waals surface area contributed by atoms with Gasteiger partial charge in [0.05, 0.1) is 0 Å². The maximum Gasteiger partial charge on any atom is 0.132 e. The van der Waals surface area contributed by atoms with Crippen molar-refractivity contribution in [3.63, 3.8) is 0 Å². The Morgan fingerprint density at radius 1 is 1.20 bits per heavy atom. The lowest BCUT2D eigenvalue weighted by Crippen LogP contribution is -2.07. The molecule has 0 aliphatic carbocycles. The van der Waals surface area contributed by atoms with E-state index >= 15 is 0 Å². The van der Waals surface area contributed by atoms with Crippen molar-refractivity contribution in [1.29, 1.82) is 0 Å². The van der Waals surface area contributed by atoms with Gasteiger partial charge in [0.2, 0.25) is 0 Å². The van der Waals surface area contributed by atoms with E-state index in [1.807, 2.05) is 7.05 Å². The number of anilines is 1. The van der Waals surface area contributed by atoms with Gasteiger partial charge < -0.3 is 5.32 Å². The minimum atomic E-state index is 0.974. The highest BCUT2D eigenvalue weighted by Crippen LogP contribution is 2.16. The molecule has 0 aliphatic heterocycles. The van der Waals surface area contributed by atoms with Gasteiger partial charge in [0.1, 0.15) is 11.6 Å². The Hall–Kier alpha value is -1.12. The van der Waals surface area contributed by atoms with E-state index in [9.17, 15) is 0 Å². The number of nitrogens with zero attached hydrogens (tertiary/aromatic N) is 2. The second kappa shape index (κ2) is 5.69. The van der Waals surface area contributed by atoms with Crippen molar-refractivity contribution >= 4 is 5.82 Å². The van der Waals surface area contributed by atoms with Gasteiger partial charge in [-0.25, -0.2) is 9.97 Å². The number of aryl methyl sites for hydroxylation is 2. The summed E-state index contributed by atoms with van der Waals surface area (Å²) in [4.78, 5) is 9.10. The lowest BCUT2D eigenvalue weighted by molar-refractivity contribution is 0.742. The van der Waals surface area contributed by atoms with E-state index in [-0.39, 0.29) is 0 Å². The highest BCUT2D eigenvalue weighted by Gasteiger charge is 2.07. The van der Waals surface area contributed by atoms with Gasteiger partial charge in [-0.3, -0.25) is 0 Å². The fraction of sp³-hybridized carbons (Fsp3) is 0.667. The number of unbranched alkanes of at least 4 members (excludes halogenated alkanes) is 1. The minimum Gasteiger partial charge on any atom is -0.373 e. The maximum atomic E-state index is 4.59.